The lowest BCUT2D eigenvalue weighted by Crippen LogP contribution is -2.28. The van der Waals surface area contributed by atoms with Gasteiger partial charge in [-0.15, -0.1) is 0 Å². The number of hydrogen-bond acceptors (Lipinski definition) is 5. The van der Waals surface area contributed by atoms with Gasteiger partial charge in [0.15, 0.2) is 17.0 Å². The summed E-state index contributed by atoms with van der Waals surface area (Å²) < 4.78 is 2.01. The first-order valence-electron chi connectivity index (χ1n) is 9.86. The predicted molar refractivity (Wildman–Crippen MR) is 119 cm³/mol. The standard InChI is InChI=1S/C22H18Cl2N6/c23-12-5-7-13(8-6-12)30-20(14-3-1-2-4-17(14)24)28-19-21(26-11-27-22(19)30)29-9-15-16(10-29)18(15)25/h1-8,11,15-16,18H,9-10,25H2/t15-,16+,18+. The lowest BCUT2D eigenvalue weighted by atomic mass is 10.2. The number of halogens is 2. The van der Waals surface area contributed by atoms with Gasteiger partial charge in [0.1, 0.15) is 12.2 Å². The summed E-state index contributed by atoms with van der Waals surface area (Å²) in [5.74, 6) is 2.67. The van der Waals surface area contributed by atoms with E-state index >= 15 is 0 Å². The van der Waals surface area contributed by atoms with Crippen LogP contribution in [-0.4, -0.2) is 38.7 Å². The Kier molecular flexibility index (Phi) is 4.03. The molecule has 2 fully saturated rings. The van der Waals surface area contributed by atoms with E-state index in [2.05, 4.69) is 14.9 Å². The quantitative estimate of drug-likeness (QED) is 0.521. The number of hydrogen-bond donors (Lipinski definition) is 1. The summed E-state index contributed by atoms with van der Waals surface area (Å²) in [5.41, 5.74) is 9.38. The Labute approximate surface area is 183 Å². The van der Waals surface area contributed by atoms with E-state index < -0.39 is 0 Å². The first-order chi connectivity index (χ1) is 14.6. The van der Waals surface area contributed by atoms with Crippen LogP contribution in [0.2, 0.25) is 10.0 Å². The molecule has 30 heavy (non-hydrogen) atoms. The minimum atomic E-state index is 0.323. The molecule has 1 aliphatic heterocycles. The second kappa shape index (κ2) is 6.67. The minimum Gasteiger partial charge on any atom is -0.354 e. The van der Waals surface area contributed by atoms with Crippen molar-refractivity contribution in [2.75, 3.05) is 18.0 Å². The number of benzene rings is 2. The highest BCUT2D eigenvalue weighted by Gasteiger charge is 2.54. The second-order valence-electron chi connectivity index (χ2n) is 7.91. The number of aromatic nitrogens is 4. The van der Waals surface area contributed by atoms with Gasteiger partial charge in [0.2, 0.25) is 0 Å². The summed E-state index contributed by atoms with van der Waals surface area (Å²) in [6, 6.07) is 15.6. The van der Waals surface area contributed by atoms with Crippen molar-refractivity contribution in [2.24, 2.45) is 17.6 Å². The number of anilines is 1. The van der Waals surface area contributed by atoms with Crippen molar-refractivity contribution >= 4 is 40.2 Å². The maximum atomic E-state index is 6.54. The zero-order valence-corrected chi connectivity index (χ0v) is 17.4. The second-order valence-corrected chi connectivity index (χ2v) is 8.75. The van der Waals surface area contributed by atoms with Crippen LogP contribution < -0.4 is 10.6 Å². The highest BCUT2D eigenvalue weighted by Crippen LogP contribution is 2.46. The Bertz CT molecular complexity index is 1260. The molecule has 1 aliphatic carbocycles. The Hall–Kier alpha value is -2.67. The maximum Gasteiger partial charge on any atom is 0.170 e. The molecule has 1 saturated carbocycles. The molecular formula is C22H18Cl2N6. The van der Waals surface area contributed by atoms with Gasteiger partial charge in [-0.2, -0.15) is 0 Å². The van der Waals surface area contributed by atoms with Gasteiger partial charge in [-0.25, -0.2) is 15.0 Å². The third kappa shape index (κ3) is 2.71. The largest absolute Gasteiger partial charge is 0.354 e. The van der Waals surface area contributed by atoms with Crippen LogP contribution in [0.5, 0.6) is 0 Å². The lowest BCUT2D eigenvalue weighted by Gasteiger charge is -2.20. The summed E-state index contributed by atoms with van der Waals surface area (Å²) in [6.07, 6.45) is 1.60. The van der Waals surface area contributed by atoms with Gasteiger partial charge in [0.25, 0.3) is 0 Å². The van der Waals surface area contributed by atoms with Crippen molar-refractivity contribution in [1.82, 2.24) is 19.5 Å². The van der Waals surface area contributed by atoms with Crippen LogP contribution in [-0.2, 0) is 0 Å². The first kappa shape index (κ1) is 18.1. The first-order valence-corrected chi connectivity index (χ1v) is 10.6. The Morgan fingerprint density at radius 3 is 2.40 bits per heavy atom. The SMILES string of the molecule is N[C@@H]1[C@H]2CN(c3ncnc4c3nc(-c3ccccc3Cl)n4-c3ccc(Cl)cc3)C[C@@H]12. The molecule has 8 heteroatoms. The molecule has 2 aliphatic rings. The van der Waals surface area contributed by atoms with Crippen LogP contribution in [0.15, 0.2) is 54.9 Å². The lowest BCUT2D eigenvalue weighted by molar-refractivity contribution is 0.736. The van der Waals surface area contributed by atoms with Gasteiger partial charge in [-0.05, 0) is 48.2 Å². The number of piperidine rings is 1. The molecule has 2 N–H and O–H groups in total. The molecule has 0 radical (unpaired) electrons. The molecule has 0 spiro atoms. The fourth-order valence-corrected chi connectivity index (χ4v) is 4.86. The molecule has 1 saturated heterocycles. The molecule has 3 heterocycles. The molecule has 0 unspecified atom stereocenters. The van der Waals surface area contributed by atoms with Gasteiger partial charge in [-0.3, -0.25) is 4.57 Å². The van der Waals surface area contributed by atoms with E-state index in [0.29, 0.717) is 27.9 Å². The summed E-state index contributed by atoms with van der Waals surface area (Å²) >= 11 is 12.7. The molecule has 3 atom stereocenters. The van der Waals surface area contributed by atoms with Crippen molar-refractivity contribution in [2.45, 2.75) is 6.04 Å². The fraction of sp³-hybridized carbons (Fsp3) is 0.227. The Morgan fingerprint density at radius 2 is 1.67 bits per heavy atom. The van der Waals surface area contributed by atoms with E-state index in [1.165, 1.54) is 0 Å². The predicted octanol–water partition coefficient (Wildman–Crippen LogP) is 4.18. The topological polar surface area (TPSA) is 72.9 Å². The van der Waals surface area contributed by atoms with Crippen LogP contribution in [0.3, 0.4) is 0 Å². The number of fused-ring (bicyclic) bond motifs is 2. The normalized spacial score (nSPS) is 22.5. The molecule has 0 bridgehead atoms. The molecule has 2 aromatic heterocycles. The smallest absolute Gasteiger partial charge is 0.170 e. The van der Waals surface area contributed by atoms with Gasteiger partial charge in [0, 0.05) is 35.4 Å². The summed E-state index contributed by atoms with van der Waals surface area (Å²) in [7, 11) is 0. The van der Waals surface area contributed by atoms with Crippen molar-refractivity contribution < 1.29 is 0 Å². The van der Waals surface area contributed by atoms with E-state index in [0.717, 1.165) is 47.1 Å². The molecule has 150 valence electrons. The Morgan fingerprint density at radius 1 is 0.933 bits per heavy atom. The van der Waals surface area contributed by atoms with Crippen LogP contribution in [0, 0.1) is 11.8 Å². The number of rotatable bonds is 3. The summed E-state index contributed by atoms with van der Waals surface area (Å²) in [4.78, 5) is 16.5. The third-order valence-corrected chi connectivity index (χ3v) is 6.77. The van der Waals surface area contributed by atoms with Crippen LogP contribution in [0.1, 0.15) is 0 Å². The number of nitrogens with zero attached hydrogens (tertiary/aromatic N) is 5. The fourth-order valence-electron chi connectivity index (χ4n) is 4.52. The van der Waals surface area contributed by atoms with Crippen LogP contribution in [0.25, 0.3) is 28.2 Å². The highest BCUT2D eigenvalue weighted by molar-refractivity contribution is 6.33. The van der Waals surface area contributed by atoms with E-state index in [9.17, 15) is 0 Å². The molecule has 6 nitrogen and oxygen atoms in total. The van der Waals surface area contributed by atoms with Crippen molar-refractivity contribution in [3.05, 3.63) is 64.9 Å². The van der Waals surface area contributed by atoms with Crippen LogP contribution in [0.4, 0.5) is 5.82 Å². The van der Waals surface area contributed by atoms with Crippen molar-refractivity contribution in [3.8, 4) is 17.1 Å². The number of nitrogens with two attached hydrogens (primary N) is 1. The van der Waals surface area contributed by atoms with Crippen LogP contribution >= 0.6 is 23.2 Å². The molecular weight excluding hydrogens is 419 g/mol. The minimum absolute atomic E-state index is 0.323. The maximum absolute atomic E-state index is 6.54. The zero-order valence-electron chi connectivity index (χ0n) is 15.9. The Balaban J connectivity index is 1.58. The molecule has 6 rings (SSSR count). The highest BCUT2D eigenvalue weighted by atomic mass is 35.5. The van der Waals surface area contributed by atoms with Gasteiger partial charge in [0.05, 0.1) is 5.02 Å². The average Bonchev–Trinajstić information content (AvgIpc) is 3.13. The van der Waals surface area contributed by atoms with E-state index in [4.69, 9.17) is 33.9 Å². The molecule has 2 aromatic carbocycles. The summed E-state index contributed by atoms with van der Waals surface area (Å²) in [5, 5.41) is 1.30. The number of imidazole rings is 1. The van der Waals surface area contributed by atoms with Crippen molar-refractivity contribution in [3.63, 3.8) is 0 Å². The van der Waals surface area contributed by atoms with E-state index in [1.807, 2.05) is 53.1 Å². The monoisotopic (exact) mass is 436 g/mol. The third-order valence-electron chi connectivity index (χ3n) is 6.18. The molecule has 0 amide bonds. The van der Waals surface area contributed by atoms with E-state index in [-0.39, 0.29) is 0 Å². The van der Waals surface area contributed by atoms with E-state index in [1.54, 1.807) is 6.33 Å². The van der Waals surface area contributed by atoms with Gasteiger partial charge in [-0.1, -0.05) is 35.3 Å². The summed E-state index contributed by atoms with van der Waals surface area (Å²) in [6.45, 7) is 1.82. The van der Waals surface area contributed by atoms with Gasteiger partial charge >= 0.3 is 0 Å². The van der Waals surface area contributed by atoms with Gasteiger partial charge < -0.3 is 10.6 Å². The average molecular weight is 437 g/mol. The molecule has 4 aromatic rings. The van der Waals surface area contributed by atoms with Crippen molar-refractivity contribution in [1.29, 1.82) is 0 Å². The zero-order chi connectivity index (χ0) is 20.4.